The lowest BCUT2D eigenvalue weighted by atomic mass is 9.85. The summed E-state index contributed by atoms with van der Waals surface area (Å²) in [7, 11) is 0. The van der Waals surface area contributed by atoms with Gasteiger partial charge in [0.25, 0.3) is 0 Å². The van der Waals surface area contributed by atoms with E-state index in [9.17, 15) is 9.90 Å². The molecule has 1 saturated heterocycles. The van der Waals surface area contributed by atoms with E-state index in [-0.39, 0.29) is 18.1 Å². The van der Waals surface area contributed by atoms with E-state index < -0.39 is 0 Å². The molecule has 0 aromatic heterocycles. The average molecular weight is 471 g/mol. The van der Waals surface area contributed by atoms with Crippen molar-refractivity contribution in [2.75, 3.05) is 31.6 Å². The first-order chi connectivity index (χ1) is 14.2. The zero-order valence-corrected chi connectivity index (χ0v) is 19.4. The number of amides is 1. The fourth-order valence-electron chi connectivity index (χ4n) is 5.87. The highest BCUT2D eigenvalue weighted by Gasteiger charge is 2.39. The second-order valence-electron chi connectivity index (χ2n) is 9.92. The summed E-state index contributed by atoms with van der Waals surface area (Å²) in [6.45, 7) is 4.14. The van der Waals surface area contributed by atoms with Crippen LogP contribution >= 0.6 is 15.9 Å². The van der Waals surface area contributed by atoms with Crippen LogP contribution in [0.4, 0.5) is 0 Å². The van der Waals surface area contributed by atoms with E-state index in [1.165, 1.54) is 38.5 Å². The molecule has 6 heteroatoms. The molecule has 4 fully saturated rings. The molecule has 29 heavy (non-hydrogen) atoms. The van der Waals surface area contributed by atoms with Crippen LogP contribution in [0.1, 0.15) is 70.6 Å². The summed E-state index contributed by atoms with van der Waals surface area (Å²) < 4.78 is 5.93. The number of hydrogen-bond donors (Lipinski definition) is 1. The molecule has 0 aromatic rings. The van der Waals surface area contributed by atoms with E-state index in [1.807, 2.05) is 0 Å². The third-order valence-electron chi connectivity index (χ3n) is 7.83. The summed E-state index contributed by atoms with van der Waals surface area (Å²) >= 11 is 3.36. The second kappa shape index (κ2) is 10.4. The van der Waals surface area contributed by atoms with Crippen LogP contribution in [0, 0.1) is 11.8 Å². The third-order valence-corrected chi connectivity index (χ3v) is 8.31. The molecule has 1 heterocycles. The number of carbonyl (C=O) groups excluding carboxylic acids is 1. The first kappa shape index (κ1) is 22.0. The van der Waals surface area contributed by atoms with Crippen LogP contribution in [0.3, 0.4) is 0 Å². The van der Waals surface area contributed by atoms with Crippen LogP contribution in [-0.4, -0.2) is 76.7 Å². The van der Waals surface area contributed by atoms with Crippen molar-refractivity contribution in [1.82, 2.24) is 9.80 Å². The monoisotopic (exact) mass is 470 g/mol. The summed E-state index contributed by atoms with van der Waals surface area (Å²) in [6, 6.07) is 1.04. The third kappa shape index (κ3) is 5.75. The van der Waals surface area contributed by atoms with Gasteiger partial charge in [-0.1, -0.05) is 15.9 Å². The predicted octanol–water partition coefficient (Wildman–Crippen LogP) is 3.57. The van der Waals surface area contributed by atoms with Gasteiger partial charge in [0.2, 0.25) is 5.91 Å². The molecule has 3 saturated carbocycles. The highest BCUT2D eigenvalue weighted by atomic mass is 79.9. The molecule has 1 amide bonds. The van der Waals surface area contributed by atoms with Crippen LogP contribution in [-0.2, 0) is 9.53 Å². The van der Waals surface area contributed by atoms with Crippen LogP contribution in [0.5, 0.6) is 0 Å². The lowest BCUT2D eigenvalue weighted by Gasteiger charge is -2.45. The van der Waals surface area contributed by atoms with Gasteiger partial charge in [0.1, 0.15) is 0 Å². The molecule has 1 aliphatic heterocycles. The smallest absolute Gasteiger partial charge is 0.233 e. The molecular formula is C23H39BrN2O3. The number of halogens is 1. The maximum absolute atomic E-state index is 12.6. The van der Waals surface area contributed by atoms with E-state index in [0.717, 1.165) is 70.2 Å². The van der Waals surface area contributed by atoms with Crippen molar-refractivity contribution in [3.8, 4) is 0 Å². The Morgan fingerprint density at radius 2 is 1.55 bits per heavy atom. The number of hydrogen-bond acceptors (Lipinski definition) is 4. The Labute approximate surface area is 184 Å². The first-order valence-corrected chi connectivity index (χ1v) is 13.1. The number of rotatable bonds is 8. The van der Waals surface area contributed by atoms with Gasteiger partial charge >= 0.3 is 0 Å². The number of likely N-dealkylation sites (tertiary alicyclic amines) is 1. The van der Waals surface area contributed by atoms with Crippen molar-refractivity contribution in [3.05, 3.63) is 0 Å². The molecule has 5 nitrogen and oxygen atoms in total. The minimum Gasteiger partial charge on any atom is -0.391 e. The van der Waals surface area contributed by atoms with Gasteiger partial charge < -0.3 is 19.6 Å². The Bertz CT molecular complexity index is 528. The number of ether oxygens (including phenoxy) is 1. The Hall–Kier alpha value is -0.170. The van der Waals surface area contributed by atoms with Gasteiger partial charge in [-0.3, -0.25) is 4.79 Å². The van der Waals surface area contributed by atoms with Gasteiger partial charge in [-0.15, -0.1) is 0 Å². The first-order valence-electron chi connectivity index (χ1n) is 12.0. The number of aliphatic hydroxyl groups excluding tert-OH is 1. The van der Waals surface area contributed by atoms with E-state index in [4.69, 9.17) is 4.74 Å². The number of alkyl halides is 1. The Balaban J connectivity index is 1.21. The van der Waals surface area contributed by atoms with Crippen molar-refractivity contribution in [3.63, 3.8) is 0 Å². The average Bonchev–Trinajstić information content (AvgIpc) is 3.49. The van der Waals surface area contributed by atoms with E-state index in [1.54, 1.807) is 0 Å². The normalized spacial score (nSPS) is 34.4. The molecule has 3 aliphatic carbocycles. The summed E-state index contributed by atoms with van der Waals surface area (Å²) in [5, 5.41) is 10.7. The van der Waals surface area contributed by atoms with Crippen molar-refractivity contribution < 1.29 is 14.6 Å². The summed E-state index contributed by atoms with van der Waals surface area (Å²) in [5.74, 6) is 1.79. The molecule has 2 unspecified atom stereocenters. The zero-order chi connectivity index (χ0) is 20.2. The minimum atomic E-state index is -0.339. The Morgan fingerprint density at radius 1 is 0.931 bits per heavy atom. The molecule has 1 N–H and O–H groups in total. The predicted molar refractivity (Wildman–Crippen MR) is 118 cm³/mol. The Kier molecular flexibility index (Phi) is 7.93. The molecule has 2 atom stereocenters. The van der Waals surface area contributed by atoms with Crippen LogP contribution in [0.15, 0.2) is 0 Å². The van der Waals surface area contributed by atoms with Crippen LogP contribution in [0.25, 0.3) is 0 Å². The summed E-state index contributed by atoms with van der Waals surface area (Å²) in [6.07, 6.45) is 12.5. The van der Waals surface area contributed by atoms with Crippen molar-refractivity contribution in [2.24, 2.45) is 11.8 Å². The highest BCUT2D eigenvalue weighted by Crippen LogP contribution is 2.34. The second-order valence-corrected chi connectivity index (χ2v) is 10.5. The molecule has 4 rings (SSSR count). The van der Waals surface area contributed by atoms with E-state index in [0.29, 0.717) is 17.4 Å². The molecule has 166 valence electrons. The van der Waals surface area contributed by atoms with Crippen molar-refractivity contribution >= 4 is 21.8 Å². The van der Waals surface area contributed by atoms with Gasteiger partial charge in [0.05, 0.1) is 17.5 Å². The van der Waals surface area contributed by atoms with E-state index in [2.05, 4.69) is 25.7 Å². The molecule has 0 bridgehead atoms. The number of aliphatic hydroxyl groups is 1. The van der Waals surface area contributed by atoms with Gasteiger partial charge in [0, 0.05) is 38.4 Å². The minimum absolute atomic E-state index is 0.0303. The largest absolute Gasteiger partial charge is 0.391 e. The van der Waals surface area contributed by atoms with Gasteiger partial charge in [-0.05, 0) is 82.5 Å². The lowest BCUT2D eigenvalue weighted by Crippen LogP contribution is -2.55. The number of carbonyl (C=O) groups is 1. The number of nitrogens with zero attached hydrogens (tertiary/aromatic N) is 2. The van der Waals surface area contributed by atoms with Gasteiger partial charge in [-0.25, -0.2) is 0 Å². The molecule has 0 aromatic carbocycles. The fourth-order valence-corrected chi connectivity index (χ4v) is 6.16. The molecule has 0 radical (unpaired) electrons. The summed E-state index contributed by atoms with van der Waals surface area (Å²) in [5.41, 5.74) is 0. The fraction of sp³-hybridized carbons (Fsp3) is 0.957. The highest BCUT2D eigenvalue weighted by molar-refractivity contribution is 9.09. The maximum atomic E-state index is 12.6. The van der Waals surface area contributed by atoms with E-state index >= 15 is 0 Å². The molecule has 0 spiro atoms. The number of piperidine rings is 1. The SMILES string of the molecule is O=C(CBr)N(C1CCN([C@H]2CC[C@H](COCC3CC3)CC2)CC1)C1CCCC1O. The zero-order valence-electron chi connectivity index (χ0n) is 17.8. The lowest BCUT2D eigenvalue weighted by molar-refractivity contribution is -0.137. The Morgan fingerprint density at radius 3 is 2.07 bits per heavy atom. The topological polar surface area (TPSA) is 53.0 Å². The standard InChI is InChI=1S/C23H39BrN2O3/c24-14-23(28)26(21-2-1-3-22(21)27)20-10-12-25(13-11-20)19-8-6-18(7-9-19)16-29-15-17-4-5-17/h17-22,27H,1-16H2/t18-,19-,21?,22?. The van der Waals surface area contributed by atoms with Crippen molar-refractivity contribution in [2.45, 2.75) is 94.9 Å². The van der Waals surface area contributed by atoms with Crippen molar-refractivity contribution in [1.29, 1.82) is 0 Å². The molecule has 4 aliphatic rings. The van der Waals surface area contributed by atoms with Gasteiger partial charge in [-0.2, -0.15) is 0 Å². The molecular weight excluding hydrogens is 432 g/mol. The summed E-state index contributed by atoms with van der Waals surface area (Å²) in [4.78, 5) is 17.4. The van der Waals surface area contributed by atoms with Crippen LogP contribution in [0.2, 0.25) is 0 Å². The quantitative estimate of drug-likeness (QED) is 0.550. The van der Waals surface area contributed by atoms with Gasteiger partial charge in [0.15, 0.2) is 0 Å². The van der Waals surface area contributed by atoms with Crippen LogP contribution < -0.4 is 0 Å². The maximum Gasteiger partial charge on any atom is 0.233 e.